The molecule has 0 radical (unpaired) electrons. The Balaban J connectivity index is 2.55. The van der Waals surface area contributed by atoms with E-state index in [1.54, 1.807) is 0 Å². The van der Waals surface area contributed by atoms with E-state index >= 15 is 0 Å². The molecule has 84 valence electrons. The zero-order valence-electron chi connectivity index (χ0n) is 9.61. The van der Waals surface area contributed by atoms with Gasteiger partial charge in [0.25, 0.3) is 0 Å². The maximum absolute atomic E-state index is 5.75. The van der Waals surface area contributed by atoms with Gasteiger partial charge in [-0.1, -0.05) is 37.3 Å². The quantitative estimate of drug-likeness (QED) is 0.685. The van der Waals surface area contributed by atoms with E-state index in [0.29, 0.717) is 6.61 Å². The first-order chi connectivity index (χ1) is 7.38. The highest BCUT2D eigenvalue weighted by Gasteiger charge is 2.10. The average molecular weight is 208 g/mol. The molecule has 0 aliphatic heterocycles. The second-order valence-electron chi connectivity index (χ2n) is 3.43. The number of hydrogen-bond donors (Lipinski definition) is 0. The lowest BCUT2D eigenvalue weighted by Gasteiger charge is -2.17. The number of hydrogen-bond acceptors (Lipinski definition) is 2. The lowest BCUT2D eigenvalue weighted by molar-refractivity contribution is -0.0148. The van der Waals surface area contributed by atoms with Gasteiger partial charge in [0.05, 0.1) is 6.61 Å². The fourth-order valence-electron chi connectivity index (χ4n) is 1.39. The molecule has 0 spiro atoms. The second-order valence-corrected chi connectivity index (χ2v) is 3.43. The van der Waals surface area contributed by atoms with Crippen molar-refractivity contribution in [3.8, 4) is 0 Å². The average Bonchev–Trinajstić information content (AvgIpc) is 2.30. The van der Waals surface area contributed by atoms with Crippen LogP contribution >= 0.6 is 0 Å². The first-order valence-corrected chi connectivity index (χ1v) is 5.62. The van der Waals surface area contributed by atoms with Crippen LogP contribution in [-0.2, 0) is 9.47 Å². The van der Waals surface area contributed by atoms with Crippen LogP contribution in [0.2, 0.25) is 0 Å². The summed E-state index contributed by atoms with van der Waals surface area (Å²) in [5, 5.41) is 0. The van der Waals surface area contributed by atoms with Crippen LogP contribution in [0.4, 0.5) is 0 Å². The van der Waals surface area contributed by atoms with Crippen LogP contribution in [0.15, 0.2) is 30.3 Å². The molecule has 0 aliphatic rings. The lowest BCUT2D eigenvalue weighted by Crippen LogP contribution is -2.12. The molecule has 1 aromatic carbocycles. The van der Waals surface area contributed by atoms with E-state index in [0.717, 1.165) is 19.6 Å². The molecule has 0 bridgehead atoms. The maximum atomic E-state index is 5.75. The molecule has 0 aliphatic carbocycles. The summed E-state index contributed by atoms with van der Waals surface area (Å²) >= 11 is 0. The predicted molar refractivity (Wildman–Crippen MR) is 61.9 cm³/mol. The van der Waals surface area contributed by atoms with Crippen LogP contribution in [0.3, 0.4) is 0 Å². The highest BCUT2D eigenvalue weighted by Crippen LogP contribution is 2.17. The smallest absolute Gasteiger partial charge is 0.106 e. The van der Waals surface area contributed by atoms with Crippen LogP contribution in [-0.4, -0.2) is 19.8 Å². The van der Waals surface area contributed by atoms with Gasteiger partial charge in [0.2, 0.25) is 0 Å². The first-order valence-electron chi connectivity index (χ1n) is 5.62. The summed E-state index contributed by atoms with van der Waals surface area (Å²) in [7, 11) is 0. The molecule has 1 unspecified atom stereocenters. The summed E-state index contributed by atoms with van der Waals surface area (Å²) in [6.07, 6.45) is 1.11. The van der Waals surface area contributed by atoms with E-state index in [4.69, 9.17) is 9.47 Å². The zero-order chi connectivity index (χ0) is 10.9. The van der Waals surface area contributed by atoms with Gasteiger partial charge < -0.3 is 9.47 Å². The Morgan fingerprint density at radius 1 is 1.13 bits per heavy atom. The monoisotopic (exact) mass is 208 g/mol. The Morgan fingerprint density at radius 3 is 2.47 bits per heavy atom. The fourth-order valence-corrected chi connectivity index (χ4v) is 1.39. The Hall–Kier alpha value is -0.860. The maximum Gasteiger partial charge on any atom is 0.106 e. The van der Waals surface area contributed by atoms with Crippen LogP contribution < -0.4 is 0 Å². The van der Waals surface area contributed by atoms with Crippen molar-refractivity contribution in [2.24, 2.45) is 0 Å². The van der Waals surface area contributed by atoms with Crippen molar-refractivity contribution in [3.63, 3.8) is 0 Å². The Kier molecular flexibility index (Phi) is 6.05. The minimum absolute atomic E-state index is 0.0751. The Morgan fingerprint density at radius 2 is 1.87 bits per heavy atom. The Bertz CT molecular complexity index is 238. The van der Waals surface area contributed by atoms with Crippen LogP contribution in [0.1, 0.15) is 31.9 Å². The summed E-state index contributed by atoms with van der Waals surface area (Å²) in [6, 6.07) is 10.2. The van der Waals surface area contributed by atoms with Gasteiger partial charge in [0.1, 0.15) is 6.10 Å². The molecule has 15 heavy (non-hydrogen) atoms. The number of rotatable bonds is 7. The van der Waals surface area contributed by atoms with Gasteiger partial charge in [0, 0.05) is 13.2 Å². The van der Waals surface area contributed by atoms with E-state index < -0.39 is 0 Å². The van der Waals surface area contributed by atoms with Crippen molar-refractivity contribution in [2.45, 2.75) is 26.4 Å². The van der Waals surface area contributed by atoms with Gasteiger partial charge in [-0.25, -0.2) is 0 Å². The third kappa shape index (κ3) is 4.45. The van der Waals surface area contributed by atoms with Gasteiger partial charge in [-0.05, 0) is 18.9 Å². The van der Waals surface area contributed by atoms with Gasteiger partial charge >= 0.3 is 0 Å². The van der Waals surface area contributed by atoms with Crippen molar-refractivity contribution in [1.82, 2.24) is 0 Å². The zero-order valence-corrected chi connectivity index (χ0v) is 9.61. The molecule has 2 nitrogen and oxygen atoms in total. The third-order valence-electron chi connectivity index (χ3n) is 2.17. The topological polar surface area (TPSA) is 18.5 Å². The van der Waals surface area contributed by atoms with Gasteiger partial charge in [0.15, 0.2) is 0 Å². The SMILES string of the molecule is CCCOC(COCC)c1ccccc1. The van der Waals surface area contributed by atoms with Gasteiger partial charge in [-0.3, -0.25) is 0 Å². The van der Waals surface area contributed by atoms with E-state index in [2.05, 4.69) is 19.1 Å². The van der Waals surface area contributed by atoms with Crippen molar-refractivity contribution >= 4 is 0 Å². The normalized spacial score (nSPS) is 12.7. The van der Waals surface area contributed by atoms with Gasteiger partial charge in [-0.2, -0.15) is 0 Å². The standard InChI is InChI=1S/C13H20O2/c1-3-10-15-13(11-14-4-2)12-8-6-5-7-9-12/h5-9,13H,3-4,10-11H2,1-2H3. The molecule has 0 saturated carbocycles. The highest BCUT2D eigenvalue weighted by molar-refractivity contribution is 5.17. The third-order valence-corrected chi connectivity index (χ3v) is 2.17. The molecule has 1 aromatic rings. The summed E-state index contributed by atoms with van der Waals surface area (Å²) in [5.41, 5.74) is 1.19. The van der Waals surface area contributed by atoms with E-state index in [1.807, 2.05) is 25.1 Å². The molecular weight excluding hydrogens is 188 g/mol. The van der Waals surface area contributed by atoms with E-state index in [9.17, 15) is 0 Å². The minimum atomic E-state index is 0.0751. The largest absolute Gasteiger partial charge is 0.379 e. The first kappa shape index (κ1) is 12.2. The predicted octanol–water partition coefficient (Wildman–Crippen LogP) is 3.19. The molecule has 2 heteroatoms. The molecule has 1 atom stereocenters. The molecule has 0 amide bonds. The van der Waals surface area contributed by atoms with Gasteiger partial charge in [-0.15, -0.1) is 0 Å². The second kappa shape index (κ2) is 7.43. The molecular formula is C13H20O2. The summed E-state index contributed by atoms with van der Waals surface area (Å²) in [4.78, 5) is 0. The summed E-state index contributed by atoms with van der Waals surface area (Å²) in [6.45, 7) is 6.27. The van der Waals surface area contributed by atoms with Crippen LogP contribution in [0.25, 0.3) is 0 Å². The number of ether oxygens (including phenoxy) is 2. The van der Waals surface area contributed by atoms with Crippen molar-refractivity contribution in [2.75, 3.05) is 19.8 Å². The highest BCUT2D eigenvalue weighted by atomic mass is 16.5. The number of benzene rings is 1. The fraction of sp³-hybridized carbons (Fsp3) is 0.538. The van der Waals surface area contributed by atoms with Crippen molar-refractivity contribution in [3.05, 3.63) is 35.9 Å². The van der Waals surface area contributed by atoms with Crippen molar-refractivity contribution in [1.29, 1.82) is 0 Å². The molecule has 0 fully saturated rings. The Labute approximate surface area is 92.2 Å². The van der Waals surface area contributed by atoms with Crippen LogP contribution in [0.5, 0.6) is 0 Å². The molecule has 1 rings (SSSR count). The summed E-state index contributed by atoms with van der Waals surface area (Å²) in [5.74, 6) is 0. The molecule has 0 N–H and O–H groups in total. The molecule has 0 heterocycles. The van der Waals surface area contributed by atoms with E-state index in [-0.39, 0.29) is 6.10 Å². The van der Waals surface area contributed by atoms with E-state index in [1.165, 1.54) is 5.56 Å². The van der Waals surface area contributed by atoms with Crippen LogP contribution in [0, 0.1) is 0 Å². The lowest BCUT2D eigenvalue weighted by atomic mass is 10.1. The molecule has 0 aromatic heterocycles. The van der Waals surface area contributed by atoms with Crippen molar-refractivity contribution < 1.29 is 9.47 Å². The summed E-state index contributed by atoms with van der Waals surface area (Å²) < 4.78 is 11.2. The molecule has 0 saturated heterocycles. The minimum Gasteiger partial charge on any atom is -0.379 e.